The van der Waals surface area contributed by atoms with E-state index in [9.17, 15) is 4.79 Å². The molecule has 1 aromatic heterocycles. The topological polar surface area (TPSA) is 76.2 Å². The molecule has 0 spiro atoms. The van der Waals surface area contributed by atoms with Gasteiger partial charge in [0.25, 0.3) is 0 Å². The number of carbonyl (C=O) groups is 1. The number of aromatic nitrogens is 1. The molecule has 1 heterocycles. The first-order valence-corrected chi connectivity index (χ1v) is 4.41. The third kappa shape index (κ3) is 1.88. The third-order valence-corrected chi connectivity index (χ3v) is 1.98. The maximum atomic E-state index is 10.5. The van der Waals surface area contributed by atoms with E-state index in [1.807, 2.05) is 6.26 Å². The minimum Gasteiger partial charge on any atom is -0.477 e. The molecule has 0 saturated heterocycles. The van der Waals surface area contributed by atoms with E-state index in [2.05, 4.69) is 4.98 Å². The molecule has 0 amide bonds. The van der Waals surface area contributed by atoms with Crippen molar-refractivity contribution < 1.29 is 9.90 Å². The SMILES string of the molecule is CSc1cc(N)nc(C(=O)O)c1. The Kier molecular flexibility index (Phi) is 2.54. The Morgan fingerprint density at radius 1 is 1.67 bits per heavy atom. The van der Waals surface area contributed by atoms with Gasteiger partial charge in [-0.3, -0.25) is 0 Å². The fraction of sp³-hybridized carbons (Fsp3) is 0.143. The molecule has 0 aliphatic rings. The van der Waals surface area contributed by atoms with Crippen molar-refractivity contribution in [3.05, 3.63) is 17.8 Å². The largest absolute Gasteiger partial charge is 0.477 e. The number of nitrogen functional groups attached to an aromatic ring is 1. The monoisotopic (exact) mass is 184 g/mol. The zero-order chi connectivity index (χ0) is 9.14. The Morgan fingerprint density at radius 3 is 2.83 bits per heavy atom. The van der Waals surface area contributed by atoms with Crippen molar-refractivity contribution >= 4 is 23.5 Å². The first-order chi connectivity index (χ1) is 5.63. The molecule has 0 radical (unpaired) electrons. The molecule has 12 heavy (non-hydrogen) atoms. The van der Waals surface area contributed by atoms with E-state index >= 15 is 0 Å². The number of carboxylic acid groups (broad SMARTS) is 1. The van der Waals surface area contributed by atoms with Crippen LogP contribution in [0, 0.1) is 0 Å². The Balaban J connectivity index is 3.15. The number of carboxylic acids is 1. The van der Waals surface area contributed by atoms with Gasteiger partial charge in [0, 0.05) is 4.90 Å². The van der Waals surface area contributed by atoms with Crippen LogP contribution in [0.5, 0.6) is 0 Å². The van der Waals surface area contributed by atoms with E-state index in [4.69, 9.17) is 10.8 Å². The van der Waals surface area contributed by atoms with Gasteiger partial charge in [0.1, 0.15) is 5.82 Å². The van der Waals surface area contributed by atoms with Crippen LogP contribution in [0.1, 0.15) is 10.5 Å². The summed E-state index contributed by atoms with van der Waals surface area (Å²) < 4.78 is 0. The molecule has 0 fully saturated rings. The number of nitrogens with two attached hydrogens (primary N) is 1. The van der Waals surface area contributed by atoms with E-state index in [1.165, 1.54) is 17.8 Å². The van der Waals surface area contributed by atoms with Gasteiger partial charge in [-0.05, 0) is 18.4 Å². The van der Waals surface area contributed by atoms with E-state index in [1.54, 1.807) is 6.07 Å². The number of anilines is 1. The molecule has 4 nitrogen and oxygen atoms in total. The predicted molar refractivity (Wildman–Crippen MR) is 47.4 cm³/mol. The van der Waals surface area contributed by atoms with Gasteiger partial charge in [0.15, 0.2) is 5.69 Å². The van der Waals surface area contributed by atoms with Crippen LogP contribution in [-0.4, -0.2) is 22.3 Å². The lowest BCUT2D eigenvalue weighted by molar-refractivity contribution is 0.0690. The summed E-state index contributed by atoms with van der Waals surface area (Å²) in [5, 5.41) is 8.60. The van der Waals surface area contributed by atoms with E-state index < -0.39 is 5.97 Å². The summed E-state index contributed by atoms with van der Waals surface area (Å²) in [4.78, 5) is 14.9. The highest BCUT2D eigenvalue weighted by Crippen LogP contribution is 2.17. The van der Waals surface area contributed by atoms with Crippen molar-refractivity contribution in [3.63, 3.8) is 0 Å². The molecule has 1 rings (SSSR count). The molecule has 0 unspecified atom stereocenters. The normalized spacial score (nSPS) is 9.75. The summed E-state index contributed by atoms with van der Waals surface area (Å²) in [5.74, 6) is -0.822. The van der Waals surface area contributed by atoms with Crippen molar-refractivity contribution in [2.45, 2.75) is 4.90 Å². The average molecular weight is 184 g/mol. The van der Waals surface area contributed by atoms with Crippen LogP contribution in [0.15, 0.2) is 17.0 Å². The average Bonchev–Trinajstić information content (AvgIpc) is 2.03. The van der Waals surface area contributed by atoms with Gasteiger partial charge in [-0.25, -0.2) is 9.78 Å². The van der Waals surface area contributed by atoms with Crippen molar-refractivity contribution in [3.8, 4) is 0 Å². The zero-order valence-corrected chi connectivity index (χ0v) is 7.26. The summed E-state index contributed by atoms with van der Waals surface area (Å²) in [6, 6.07) is 3.13. The molecule has 0 bridgehead atoms. The second-order valence-corrected chi connectivity index (χ2v) is 3.00. The highest BCUT2D eigenvalue weighted by molar-refractivity contribution is 7.98. The number of nitrogens with zero attached hydrogens (tertiary/aromatic N) is 1. The van der Waals surface area contributed by atoms with Crippen molar-refractivity contribution in [2.75, 3.05) is 12.0 Å². The standard InChI is InChI=1S/C7H8N2O2S/c1-12-4-2-5(7(10)11)9-6(8)3-4/h2-3H,1H3,(H2,8,9)(H,10,11). The molecule has 5 heteroatoms. The number of hydrogen-bond donors (Lipinski definition) is 2. The number of rotatable bonds is 2. The van der Waals surface area contributed by atoms with Gasteiger partial charge in [-0.1, -0.05) is 0 Å². The maximum Gasteiger partial charge on any atom is 0.354 e. The lowest BCUT2D eigenvalue weighted by Crippen LogP contribution is -2.02. The smallest absolute Gasteiger partial charge is 0.354 e. The Hall–Kier alpha value is -1.23. The van der Waals surface area contributed by atoms with Crippen LogP contribution in [0.2, 0.25) is 0 Å². The van der Waals surface area contributed by atoms with Crippen LogP contribution in [-0.2, 0) is 0 Å². The van der Waals surface area contributed by atoms with Gasteiger partial charge in [0.2, 0.25) is 0 Å². The van der Waals surface area contributed by atoms with Gasteiger partial charge < -0.3 is 10.8 Å². The number of aromatic carboxylic acids is 1. The molecule has 1 aromatic rings. The second kappa shape index (κ2) is 3.44. The summed E-state index contributed by atoms with van der Waals surface area (Å²) in [5.41, 5.74) is 5.37. The fourth-order valence-corrected chi connectivity index (χ4v) is 1.22. The zero-order valence-electron chi connectivity index (χ0n) is 6.44. The molecule has 0 aliphatic carbocycles. The van der Waals surface area contributed by atoms with Gasteiger partial charge in [-0.2, -0.15) is 0 Å². The summed E-state index contributed by atoms with van der Waals surface area (Å²) in [6.07, 6.45) is 1.85. The van der Waals surface area contributed by atoms with Crippen molar-refractivity contribution in [1.29, 1.82) is 0 Å². The van der Waals surface area contributed by atoms with E-state index in [0.29, 0.717) is 0 Å². The van der Waals surface area contributed by atoms with Crippen LogP contribution < -0.4 is 5.73 Å². The molecular formula is C7H8N2O2S. The van der Waals surface area contributed by atoms with Crippen molar-refractivity contribution in [2.24, 2.45) is 0 Å². The minimum absolute atomic E-state index is 0.0145. The first-order valence-electron chi connectivity index (χ1n) is 3.18. The Labute approximate surface area is 73.8 Å². The maximum absolute atomic E-state index is 10.5. The van der Waals surface area contributed by atoms with Crippen molar-refractivity contribution in [1.82, 2.24) is 4.98 Å². The van der Waals surface area contributed by atoms with E-state index in [0.717, 1.165) is 4.90 Å². The molecule has 3 N–H and O–H groups in total. The minimum atomic E-state index is -1.06. The molecular weight excluding hydrogens is 176 g/mol. The van der Waals surface area contributed by atoms with Crippen LogP contribution in [0.4, 0.5) is 5.82 Å². The summed E-state index contributed by atoms with van der Waals surface area (Å²) in [6.45, 7) is 0. The number of thioether (sulfide) groups is 1. The van der Waals surface area contributed by atoms with Gasteiger partial charge >= 0.3 is 5.97 Å². The van der Waals surface area contributed by atoms with E-state index in [-0.39, 0.29) is 11.5 Å². The summed E-state index contributed by atoms with van der Waals surface area (Å²) in [7, 11) is 0. The van der Waals surface area contributed by atoms with Gasteiger partial charge in [0.05, 0.1) is 0 Å². The lowest BCUT2D eigenvalue weighted by Gasteiger charge is -1.99. The Morgan fingerprint density at radius 2 is 2.33 bits per heavy atom. The highest BCUT2D eigenvalue weighted by atomic mass is 32.2. The number of hydrogen-bond acceptors (Lipinski definition) is 4. The highest BCUT2D eigenvalue weighted by Gasteiger charge is 2.06. The number of pyridine rings is 1. The van der Waals surface area contributed by atoms with Crippen LogP contribution in [0.25, 0.3) is 0 Å². The van der Waals surface area contributed by atoms with Gasteiger partial charge in [-0.15, -0.1) is 11.8 Å². The Bertz CT molecular complexity index is 314. The molecule has 0 saturated carbocycles. The van der Waals surface area contributed by atoms with Crippen LogP contribution >= 0.6 is 11.8 Å². The first kappa shape index (κ1) is 8.86. The lowest BCUT2D eigenvalue weighted by atomic mass is 10.3. The third-order valence-electron chi connectivity index (χ3n) is 1.27. The molecule has 0 aliphatic heterocycles. The molecule has 0 aromatic carbocycles. The predicted octanol–water partition coefficient (Wildman–Crippen LogP) is 1.08. The molecule has 64 valence electrons. The second-order valence-electron chi connectivity index (χ2n) is 2.12. The summed E-state index contributed by atoms with van der Waals surface area (Å²) >= 11 is 1.43. The van der Waals surface area contributed by atoms with Crippen LogP contribution in [0.3, 0.4) is 0 Å². The molecule has 0 atom stereocenters. The fourth-order valence-electron chi connectivity index (χ4n) is 0.753. The quantitative estimate of drug-likeness (QED) is 0.673.